The van der Waals surface area contributed by atoms with Gasteiger partial charge in [0.1, 0.15) is 0 Å². The first-order valence-electron chi connectivity index (χ1n) is 7.81. The summed E-state index contributed by atoms with van der Waals surface area (Å²) in [5.41, 5.74) is 0. The van der Waals surface area contributed by atoms with Gasteiger partial charge in [-0.15, -0.1) is 0 Å². The molecule has 0 bridgehead atoms. The van der Waals surface area contributed by atoms with E-state index >= 15 is 0 Å². The molecule has 1 aliphatic heterocycles. The zero-order valence-electron chi connectivity index (χ0n) is 12.1. The van der Waals surface area contributed by atoms with E-state index in [1.165, 1.54) is 32.1 Å². The second-order valence-electron chi connectivity index (χ2n) is 6.50. The van der Waals surface area contributed by atoms with Gasteiger partial charge in [0.25, 0.3) is 0 Å². The summed E-state index contributed by atoms with van der Waals surface area (Å²) in [6.07, 6.45) is 7.41. The molecule has 1 saturated heterocycles. The molecule has 2 heterocycles. The highest BCUT2D eigenvalue weighted by Gasteiger charge is 2.29. The van der Waals surface area contributed by atoms with Crippen molar-refractivity contribution >= 4 is 0 Å². The minimum absolute atomic E-state index is 0.299. The van der Waals surface area contributed by atoms with Gasteiger partial charge < -0.3 is 9.84 Å². The third kappa shape index (κ3) is 2.83. The fourth-order valence-corrected chi connectivity index (χ4v) is 3.49. The number of rotatable bonds is 3. The molecule has 3 rings (SSSR count). The lowest BCUT2D eigenvalue weighted by molar-refractivity contribution is 0.251. The van der Waals surface area contributed by atoms with Crippen molar-refractivity contribution in [3.63, 3.8) is 0 Å². The van der Waals surface area contributed by atoms with E-state index in [0.717, 1.165) is 36.5 Å². The third-order valence-corrected chi connectivity index (χ3v) is 4.90. The normalized spacial score (nSPS) is 32.1. The van der Waals surface area contributed by atoms with E-state index in [0.29, 0.717) is 12.0 Å². The molecule has 4 nitrogen and oxygen atoms in total. The smallest absolute Gasteiger partial charge is 0.243 e. The molecule has 1 aromatic rings. The monoisotopic (exact) mass is 263 g/mol. The molecule has 1 saturated carbocycles. The van der Waals surface area contributed by atoms with Crippen molar-refractivity contribution in [2.75, 3.05) is 6.54 Å². The molecule has 0 radical (unpaired) electrons. The summed E-state index contributed by atoms with van der Waals surface area (Å²) in [6, 6.07) is 0.299. The van der Waals surface area contributed by atoms with Gasteiger partial charge in [-0.25, -0.2) is 0 Å². The largest absolute Gasteiger partial charge is 0.338 e. The first-order valence-corrected chi connectivity index (χ1v) is 7.81. The summed E-state index contributed by atoms with van der Waals surface area (Å²) in [4.78, 5) is 4.65. The first kappa shape index (κ1) is 13.1. The lowest BCUT2D eigenvalue weighted by Gasteiger charge is -2.29. The summed E-state index contributed by atoms with van der Waals surface area (Å²) in [7, 11) is 0. The zero-order valence-corrected chi connectivity index (χ0v) is 12.1. The zero-order chi connectivity index (χ0) is 13.2. The molecule has 2 fully saturated rings. The highest BCUT2D eigenvalue weighted by atomic mass is 16.5. The summed E-state index contributed by atoms with van der Waals surface area (Å²) in [6.45, 7) is 5.74. The van der Waals surface area contributed by atoms with E-state index in [-0.39, 0.29) is 0 Å². The molecule has 4 heteroatoms. The van der Waals surface area contributed by atoms with Crippen LogP contribution in [0, 0.1) is 11.8 Å². The molecule has 1 atom stereocenters. The van der Waals surface area contributed by atoms with E-state index in [1.807, 2.05) is 0 Å². The Balaban J connectivity index is 1.61. The molecule has 0 aromatic carbocycles. The average molecular weight is 263 g/mol. The fraction of sp³-hybridized carbons (Fsp3) is 0.867. The number of hydrogen-bond donors (Lipinski definition) is 1. The molecule has 0 spiro atoms. The number of nitrogens with one attached hydrogen (secondary N) is 1. The molecular formula is C15H25N3O. The van der Waals surface area contributed by atoms with E-state index in [9.17, 15) is 0 Å². The van der Waals surface area contributed by atoms with Crippen LogP contribution in [0.15, 0.2) is 4.52 Å². The van der Waals surface area contributed by atoms with Crippen LogP contribution in [-0.2, 0) is 0 Å². The van der Waals surface area contributed by atoms with Gasteiger partial charge in [-0.3, -0.25) is 0 Å². The van der Waals surface area contributed by atoms with Crippen molar-refractivity contribution < 1.29 is 4.52 Å². The molecular weight excluding hydrogens is 238 g/mol. The van der Waals surface area contributed by atoms with Crippen LogP contribution in [0.3, 0.4) is 0 Å². The predicted molar refractivity (Wildman–Crippen MR) is 73.8 cm³/mol. The van der Waals surface area contributed by atoms with Crippen LogP contribution in [0.1, 0.15) is 76.0 Å². The number of nitrogens with zero attached hydrogens (tertiary/aromatic N) is 2. The fourth-order valence-electron chi connectivity index (χ4n) is 3.49. The summed E-state index contributed by atoms with van der Waals surface area (Å²) >= 11 is 0. The van der Waals surface area contributed by atoms with Gasteiger partial charge in [0, 0.05) is 5.92 Å². The van der Waals surface area contributed by atoms with Gasteiger partial charge in [-0.1, -0.05) is 19.0 Å². The Bertz CT molecular complexity index is 401. The van der Waals surface area contributed by atoms with E-state index in [1.54, 1.807) is 0 Å². The Morgan fingerprint density at radius 3 is 2.58 bits per heavy atom. The van der Waals surface area contributed by atoms with Gasteiger partial charge in [0.05, 0.1) is 6.04 Å². The minimum Gasteiger partial charge on any atom is -0.338 e. The highest BCUT2D eigenvalue weighted by Crippen LogP contribution is 2.38. The number of aromatic nitrogens is 2. The molecule has 106 valence electrons. The van der Waals surface area contributed by atoms with Gasteiger partial charge in [0.2, 0.25) is 5.89 Å². The van der Waals surface area contributed by atoms with Crippen molar-refractivity contribution in [2.24, 2.45) is 11.8 Å². The molecule has 1 N–H and O–H groups in total. The maximum atomic E-state index is 5.45. The summed E-state index contributed by atoms with van der Waals surface area (Å²) in [5.74, 6) is 3.97. The molecule has 1 aromatic heterocycles. The van der Waals surface area contributed by atoms with Crippen LogP contribution < -0.4 is 5.32 Å². The topological polar surface area (TPSA) is 51.0 Å². The average Bonchev–Trinajstić information content (AvgIpc) is 3.10. The molecule has 0 amide bonds. The van der Waals surface area contributed by atoms with Crippen LogP contribution in [0.25, 0.3) is 0 Å². The van der Waals surface area contributed by atoms with E-state index in [4.69, 9.17) is 4.52 Å². The summed E-state index contributed by atoms with van der Waals surface area (Å²) < 4.78 is 5.45. The first-order chi connectivity index (χ1) is 9.24. The number of hydrogen-bond acceptors (Lipinski definition) is 4. The van der Waals surface area contributed by atoms with Crippen LogP contribution in [-0.4, -0.2) is 16.7 Å². The van der Waals surface area contributed by atoms with E-state index < -0.39 is 0 Å². The van der Waals surface area contributed by atoms with Gasteiger partial charge in [0.15, 0.2) is 5.82 Å². The maximum Gasteiger partial charge on any atom is 0.243 e. The quantitative estimate of drug-likeness (QED) is 0.907. The van der Waals surface area contributed by atoms with Crippen molar-refractivity contribution in [3.8, 4) is 0 Å². The molecule has 0 unspecified atom stereocenters. The van der Waals surface area contributed by atoms with Gasteiger partial charge in [-0.2, -0.15) is 4.98 Å². The van der Waals surface area contributed by atoms with Crippen molar-refractivity contribution in [2.45, 2.75) is 64.3 Å². The van der Waals surface area contributed by atoms with Crippen molar-refractivity contribution in [3.05, 3.63) is 11.7 Å². The van der Waals surface area contributed by atoms with E-state index in [2.05, 4.69) is 29.3 Å². The second-order valence-corrected chi connectivity index (χ2v) is 6.50. The Kier molecular flexibility index (Phi) is 3.87. The third-order valence-electron chi connectivity index (χ3n) is 4.90. The Morgan fingerprint density at radius 2 is 1.95 bits per heavy atom. The molecule has 1 aliphatic carbocycles. The maximum absolute atomic E-state index is 5.45. The van der Waals surface area contributed by atoms with Crippen LogP contribution in [0.4, 0.5) is 0 Å². The minimum atomic E-state index is 0.299. The SMILES string of the molecule is CC(C)C1CCC(c2noc([C@H]3CCCN3)n2)CC1. The van der Waals surface area contributed by atoms with Crippen molar-refractivity contribution in [1.29, 1.82) is 0 Å². The van der Waals surface area contributed by atoms with Gasteiger partial charge in [-0.05, 0) is 56.9 Å². The Labute approximate surface area is 115 Å². The summed E-state index contributed by atoms with van der Waals surface area (Å²) in [5, 5.41) is 7.64. The highest BCUT2D eigenvalue weighted by molar-refractivity contribution is 5.01. The lowest BCUT2D eigenvalue weighted by Crippen LogP contribution is -2.18. The van der Waals surface area contributed by atoms with Crippen LogP contribution in [0.5, 0.6) is 0 Å². The lowest BCUT2D eigenvalue weighted by atomic mass is 9.77. The van der Waals surface area contributed by atoms with Gasteiger partial charge >= 0.3 is 0 Å². The molecule has 19 heavy (non-hydrogen) atoms. The van der Waals surface area contributed by atoms with Crippen LogP contribution in [0.2, 0.25) is 0 Å². The van der Waals surface area contributed by atoms with Crippen LogP contribution >= 0.6 is 0 Å². The second kappa shape index (κ2) is 5.61. The Hall–Kier alpha value is -0.900. The standard InChI is InChI=1S/C15H25N3O/c1-10(2)11-5-7-12(8-6-11)14-17-15(19-18-14)13-4-3-9-16-13/h10-13,16H,3-9H2,1-2H3/t11?,12?,13-/m1/s1. The molecule has 2 aliphatic rings. The van der Waals surface area contributed by atoms with Crippen molar-refractivity contribution in [1.82, 2.24) is 15.5 Å². The Morgan fingerprint density at radius 1 is 1.16 bits per heavy atom. The predicted octanol–water partition coefficient (Wildman–Crippen LogP) is 3.42.